The van der Waals surface area contributed by atoms with Gasteiger partial charge in [-0.15, -0.1) is 0 Å². The summed E-state index contributed by atoms with van der Waals surface area (Å²) in [5, 5.41) is 3.08. The van der Waals surface area contributed by atoms with Crippen LogP contribution in [0.15, 0.2) is 125 Å². The molecular weight excluding hydrogens is 508 g/mol. The molecule has 0 aliphatic heterocycles. The Labute approximate surface area is 222 Å². The molecule has 36 heavy (non-hydrogen) atoms. The number of benzene rings is 4. The summed E-state index contributed by atoms with van der Waals surface area (Å²) in [6, 6.07) is 38.9. The minimum Gasteiger partial charge on any atom is -0.321 e. The molecule has 4 heteroatoms. The van der Waals surface area contributed by atoms with Gasteiger partial charge in [-0.2, -0.15) is 0 Å². The summed E-state index contributed by atoms with van der Waals surface area (Å²) in [6.45, 7) is 3.25. The topological polar surface area (TPSA) is 32.3 Å². The summed E-state index contributed by atoms with van der Waals surface area (Å²) in [5.74, 6) is 0.203. The zero-order valence-electron chi connectivity index (χ0n) is 20.5. The van der Waals surface area contributed by atoms with Crippen molar-refractivity contribution in [3.05, 3.63) is 142 Å². The number of anilines is 1. The lowest BCUT2D eigenvalue weighted by Gasteiger charge is -2.27. The predicted molar refractivity (Wildman–Crippen MR) is 154 cm³/mol. The summed E-state index contributed by atoms with van der Waals surface area (Å²) in [6.07, 6.45) is 2.96. The number of nitrogens with one attached hydrogen (secondary N) is 1. The van der Waals surface area contributed by atoms with Gasteiger partial charge in [-0.1, -0.05) is 119 Å². The predicted octanol–water partition coefficient (Wildman–Crippen LogP) is 8.61. The van der Waals surface area contributed by atoms with Crippen LogP contribution in [0.25, 0.3) is 6.08 Å². The highest BCUT2D eigenvalue weighted by molar-refractivity contribution is 9.10. The van der Waals surface area contributed by atoms with Gasteiger partial charge < -0.3 is 10.2 Å². The number of rotatable bonds is 9. The van der Waals surface area contributed by atoms with Crippen LogP contribution in [0.2, 0.25) is 0 Å². The second-order valence-electron chi connectivity index (χ2n) is 8.92. The van der Waals surface area contributed by atoms with Crippen LogP contribution in [0, 0.1) is 0 Å². The molecule has 0 aliphatic rings. The van der Waals surface area contributed by atoms with Gasteiger partial charge in [0.25, 0.3) is 0 Å². The first kappa shape index (κ1) is 25.5. The monoisotopic (exact) mass is 538 g/mol. The van der Waals surface area contributed by atoms with Gasteiger partial charge in [0.15, 0.2) is 0 Å². The van der Waals surface area contributed by atoms with E-state index in [1.165, 1.54) is 11.1 Å². The Balaban J connectivity index is 1.56. The molecule has 0 spiro atoms. The van der Waals surface area contributed by atoms with Crippen LogP contribution in [0.1, 0.15) is 36.0 Å². The third kappa shape index (κ3) is 7.43. The molecule has 0 unspecified atom stereocenters. The first-order valence-corrected chi connectivity index (χ1v) is 13.0. The fourth-order valence-corrected chi connectivity index (χ4v) is 4.61. The first-order valence-electron chi connectivity index (χ1n) is 12.2. The third-order valence-electron chi connectivity index (χ3n) is 6.13. The van der Waals surface area contributed by atoms with E-state index in [2.05, 4.69) is 94.9 Å². The van der Waals surface area contributed by atoms with Crippen LogP contribution in [-0.2, 0) is 0 Å². The fourth-order valence-electron chi connectivity index (χ4n) is 4.35. The van der Waals surface area contributed by atoms with Crippen LogP contribution in [-0.4, -0.2) is 24.0 Å². The molecule has 4 aromatic rings. The maximum absolute atomic E-state index is 13.4. The van der Waals surface area contributed by atoms with Crippen molar-refractivity contribution in [1.29, 1.82) is 0 Å². The number of urea groups is 1. The van der Waals surface area contributed by atoms with Crippen LogP contribution in [0.4, 0.5) is 10.5 Å². The van der Waals surface area contributed by atoms with Crippen molar-refractivity contribution in [1.82, 2.24) is 4.90 Å². The van der Waals surface area contributed by atoms with Crippen molar-refractivity contribution in [2.24, 2.45) is 0 Å². The molecule has 4 rings (SSSR count). The van der Waals surface area contributed by atoms with Crippen molar-refractivity contribution in [3.63, 3.8) is 0 Å². The molecule has 0 radical (unpaired) electrons. The van der Waals surface area contributed by atoms with E-state index >= 15 is 0 Å². The highest BCUT2D eigenvalue weighted by Gasteiger charge is 2.19. The molecule has 0 atom stereocenters. The number of hydrogen-bond donors (Lipinski definition) is 1. The highest BCUT2D eigenvalue weighted by atomic mass is 79.9. The van der Waals surface area contributed by atoms with E-state index in [1.807, 2.05) is 59.5 Å². The largest absolute Gasteiger partial charge is 0.322 e. The van der Waals surface area contributed by atoms with E-state index < -0.39 is 0 Å². The van der Waals surface area contributed by atoms with E-state index in [0.717, 1.165) is 27.7 Å². The number of carbonyl (C=O) groups excluding carboxylic acids is 1. The van der Waals surface area contributed by atoms with Crippen molar-refractivity contribution < 1.29 is 4.79 Å². The van der Waals surface area contributed by atoms with E-state index in [1.54, 1.807) is 0 Å². The summed E-state index contributed by atoms with van der Waals surface area (Å²) in [7, 11) is 0. The van der Waals surface area contributed by atoms with Crippen LogP contribution in [0.5, 0.6) is 0 Å². The van der Waals surface area contributed by atoms with Gasteiger partial charge in [0.2, 0.25) is 0 Å². The quantitative estimate of drug-likeness (QED) is 0.227. The van der Waals surface area contributed by atoms with Gasteiger partial charge >= 0.3 is 6.03 Å². The number of amides is 2. The van der Waals surface area contributed by atoms with Crippen LogP contribution < -0.4 is 5.32 Å². The molecule has 2 amide bonds. The minimum absolute atomic E-state index is 0.0991. The van der Waals surface area contributed by atoms with Gasteiger partial charge in [-0.25, -0.2) is 4.79 Å². The maximum atomic E-state index is 13.4. The number of hydrogen-bond acceptors (Lipinski definition) is 1. The van der Waals surface area contributed by atoms with E-state index in [-0.39, 0.29) is 11.9 Å². The smallest absolute Gasteiger partial charge is 0.321 e. The van der Waals surface area contributed by atoms with Gasteiger partial charge in [0.1, 0.15) is 0 Å². The molecule has 4 aromatic carbocycles. The lowest BCUT2D eigenvalue weighted by molar-refractivity contribution is 0.214. The Morgan fingerprint density at radius 2 is 1.33 bits per heavy atom. The van der Waals surface area contributed by atoms with Crippen LogP contribution >= 0.6 is 15.9 Å². The number of halogens is 1. The summed E-state index contributed by atoms with van der Waals surface area (Å²) >= 11 is 3.46. The zero-order valence-corrected chi connectivity index (χ0v) is 22.1. The molecule has 0 aliphatic carbocycles. The SMILES string of the molecule is C/C(=C/c1ccccc1)CN(CCC(c1ccccc1)c1ccccc1)C(=O)Nc1ccc(Br)cc1. The molecule has 0 bridgehead atoms. The van der Waals surface area contributed by atoms with Crippen molar-refractivity contribution >= 4 is 33.7 Å². The van der Waals surface area contributed by atoms with E-state index in [0.29, 0.717) is 13.1 Å². The number of carbonyl (C=O) groups is 1. The molecule has 0 heterocycles. The third-order valence-corrected chi connectivity index (χ3v) is 6.66. The molecular formula is C32H31BrN2O. The van der Waals surface area contributed by atoms with E-state index in [4.69, 9.17) is 0 Å². The zero-order chi connectivity index (χ0) is 25.2. The standard InChI is InChI=1S/C32H31BrN2O/c1-25(23-26-11-5-2-6-12-26)24-35(32(36)34-30-19-17-29(33)18-20-30)22-21-31(27-13-7-3-8-14-27)28-15-9-4-10-16-28/h2-20,23,31H,21-22,24H2,1H3,(H,34,36)/b25-23-. The Morgan fingerprint density at radius 3 is 1.89 bits per heavy atom. The molecule has 3 nitrogen and oxygen atoms in total. The van der Waals surface area contributed by atoms with Gasteiger partial charge in [0, 0.05) is 29.2 Å². The van der Waals surface area contributed by atoms with Gasteiger partial charge in [0.05, 0.1) is 0 Å². The van der Waals surface area contributed by atoms with Gasteiger partial charge in [-0.05, 0) is 54.3 Å². The maximum Gasteiger partial charge on any atom is 0.322 e. The summed E-state index contributed by atoms with van der Waals surface area (Å²) in [4.78, 5) is 15.4. The summed E-state index contributed by atoms with van der Waals surface area (Å²) in [5.41, 5.74) is 5.56. The Hall–Kier alpha value is -3.63. The average Bonchev–Trinajstić information content (AvgIpc) is 2.91. The van der Waals surface area contributed by atoms with Crippen molar-refractivity contribution in [3.8, 4) is 0 Å². The lowest BCUT2D eigenvalue weighted by atomic mass is 9.88. The first-order chi connectivity index (χ1) is 17.6. The molecule has 0 saturated carbocycles. The molecule has 182 valence electrons. The second-order valence-corrected chi connectivity index (χ2v) is 9.84. The highest BCUT2D eigenvalue weighted by Crippen LogP contribution is 2.28. The van der Waals surface area contributed by atoms with Crippen LogP contribution in [0.3, 0.4) is 0 Å². The number of nitrogens with zero attached hydrogens (tertiary/aromatic N) is 1. The van der Waals surface area contributed by atoms with E-state index in [9.17, 15) is 4.79 Å². The van der Waals surface area contributed by atoms with Crippen molar-refractivity contribution in [2.45, 2.75) is 19.3 Å². The Kier molecular flexibility index (Phi) is 9.12. The Bertz CT molecular complexity index is 1220. The van der Waals surface area contributed by atoms with Gasteiger partial charge in [-0.3, -0.25) is 0 Å². The molecule has 0 aromatic heterocycles. The normalized spacial score (nSPS) is 11.4. The minimum atomic E-state index is -0.0991. The molecule has 0 fully saturated rings. The van der Waals surface area contributed by atoms with Crippen molar-refractivity contribution in [2.75, 3.05) is 18.4 Å². The average molecular weight is 540 g/mol. The fraction of sp³-hybridized carbons (Fsp3) is 0.156. The summed E-state index contributed by atoms with van der Waals surface area (Å²) < 4.78 is 0.979. The molecule has 0 saturated heterocycles. The molecule has 1 N–H and O–H groups in total. The lowest BCUT2D eigenvalue weighted by Crippen LogP contribution is -2.37. The second kappa shape index (κ2) is 12.9. The Morgan fingerprint density at radius 1 is 0.806 bits per heavy atom.